The van der Waals surface area contributed by atoms with Gasteiger partial charge in [0.2, 0.25) is 11.7 Å². The Hall–Kier alpha value is -1.88. The van der Waals surface area contributed by atoms with Crippen LogP contribution in [0.5, 0.6) is 5.75 Å². The van der Waals surface area contributed by atoms with Gasteiger partial charge in [0.1, 0.15) is 5.75 Å². The Kier molecular flexibility index (Phi) is 4.20. The van der Waals surface area contributed by atoms with Gasteiger partial charge in [-0.1, -0.05) is 24.2 Å². The smallest absolute Gasteiger partial charge is 0.226 e. The molecule has 0 spiro atoms. The third-order valence-corrected chi connectivity index (χ3v) is 3.84. The molecule has 0 amide bonds. The molecule has 1 aliphatic carbocycles. The van der Waals surface area contributed by atoms with Crippen molar-refractivity contribution in [2.45, 2.75) is 51.7 Å². The summed E-state index contributed by atoms with van der Waals surface area (Å²) in [6.45, 7) is 2.42. The van der Waals surface area contributed by atoms with Crippen LogP contribution < -0.4 is 10.5 Å². The summed E-state index contributed by atoms with van der Waals surface area (Å²) in [4.78, 5) is 4.31. The molecule has 0 saturated heterocycles. The lowest BCUT2D eigenvalue weighted by molar-refractivity contribution is 0.280. The van der Waals surface area contributed by atoms with E-state index in [1.807, 2.05) is 12.1 Å². The minimum Gasteiger partial charge on any atom is -0.485 e. The third kappa shape index (κ3) is 3.08. The van der Waals surface area contributed by atoms with Crippen LogP contribution in [0.2, 0.25) is 0 Å². The fourth-order valence-electron chi connectivity index (χ4n) is 2.79. The van der Waals surface area contributed by atoms with Crippen molar-refractivity contribution in [3.63, 3.8) is 0 Å². The summed E-state index contributed by atoms with van der Waals surface area (Å²) >= 11 is 0. The molecular weight excluding hydrogens is 266 g/mol. The van der Waals surface area contributed by atoms with Gasteiger partial charge >= 0.3 is 0 Å². The zero-order valence-corrected chi connectivity index (χ0v) is 12.3. The van der Waals surface area contributed by atoms with Crippen LogP contribution in [0.1, 0.15) is 55.1 Å². The van der Waals surface area contributed by atoms with E-state index in [4.69, 9.17) is 15.0 Å². The van der Waals surface area contributed by atoms with Crippen molar-refractivity contribution in [2.24, 2.45) is 5.73 Å². The maximum absolute atomic E-state index is 6.16. The molecule has 21 heavy (non-hydrogen) atoms. The lowest BCUT2D eigenvalue weighted by Gasteiger charge is -2.24. The van der Waals surface area contributed by atoms with Crippen molar-refractivity contribution in [1.82, 2.24) is 10.1 Å². The number of hydrogen-bond acceptors (Lipinski definition) is 5. The average molecular weight is 287 g/mol. The van der Waals surface area contributed by atoms with Gasteiger partial charge in [0, 0.05) is 12.5 Å². The molecule has 1 aromatic heterocycles. The molecule has 0 bridgehead atoms. The highest BCUT2D eigenvalue weighted by Crippen LogP contribution is 2.34. The van der Waals surface area contributed by atoms with Crippen molar-refractivity contribution in [3.05, 3.63) is 41.0 Å². The lowest BCUT2D eigenvalue weighted by Crippen LogP contribution is -2.18. The lowest BCUT2D eigenvalue weighted by atomic mass is 9.88. The number of benzene rings is 1. The van der Waals surface area contributed by atoms with Gasteiger partial charge in [-0.2, -0.15) is 4.98 Å². The molecule has 5 heteroatoms. The standard InChI is InChI=1S/C16H21N3O2/c1-2-5-16-18-15(19-21-16)10-20-14-9-4-6-11-12(14)7-3-8-13(11)17/h4,6,9,13H,2-3,5,7-8,10,17H2,1H3. The summed E-state index contributed by atoms with van der Waals surface area (Å²) in [6.07, 6.45) is 4.97. The fraction of sp³-hybridized carbons (Fsp3) is 0.500. The summed E-state index contributed by atoms with van der Waals surface area (Å²) in [6, 6.07) is 6.21. The molecule has 112 valence electrons. The Morgan fingerprint density at radius 3 is 3.19 bits per heavy atom. The van der Waals surface area contributed by atoms with E-state index in [9.17, 15) is 0 Å². The van der Waals surface area contributed by atoms with E-state index < -0.39 is 0 Å². The van der Waals surface area contributed by atoms with Crippen molar-refractivity contribution in [1.29, 1.82) is 0 Å². The second-order valence-corrected chi connectivity index (χ2v) is 5.47. The van der Waals surface area contributed by atoms with Crippen molar-refractivity contribution in [3.8, 4) is 5.75 Å². The van der Waals surface area contributed by atoms with Crippen molar-refractivity contribution < 1.29 is 9.26 Å². The highest BCUT2D eigenvalue weighted by atomic mass is 16.5. The molecule has 1 unspecified atom stereocenters. The zero-order valence-electron chi connectivity index (χ0n) is 12.3. The molecule has 3 rings (SSSR count). The summed E-state index contributed by atoms with van der Waals surface area (Å²) in [7, 11) is 0. The van der Waals surface area contributed by atoms with E-state index >= 15 is 0 Å². The van der Waals surface area contributed by atoms with Gasteiger partial charge in [0.15, 0.2) is 6.61 Å². The Bertz CT molecular complexity index is 609. The number of hydrogen-bond donors (Lipinski definition) is 1. The Labute approximate surface area is 124 Å². The highest BCUT2D eigenvalue weighted by molar-refractivity contribution is 5.43. The van der Waals surface area contributed by atoms with Gasteiger partial charge < -0.3 is 15.0 Å². The number of aryl methyl sites for hydroxylation is 1. The van der Waals surface area contributed by atoms with Crippen LogP contribution in [-0.4, -0.2) is 10.1 Å². The van der Waals surface area contributed by atoms with E-state index in [0.29, 0.717) is 18.3 Å². The fourth-order valence-corrected chi connectivity index (χ4v) is 2.79. The monoisotopic (exact) mass is 287 g/mol. The average Bonchev–Trinajstić information content (AvgIpc) is 2.94. The largest absolute Gasteiger partial charge is 0.485 e. The number of aromatic nitrogens is 2. The van der Waals surface area contributed by atoms with Crippen molar-refractivity contribution >= 4 is 0 Å². The van der Waals surface area contributed by atoms with Crippen LogP contribution in [-0.2, 0) is 19.4 Å². The Balaban J connectivity index is 1.71. The predicted molar refractivity (Wildman–Crippen MR) is 78.9 cm³/mol. The van der Waals surface area contributed by atoms with E-state index in [0.717, 1.165) is 37.9 Å². The van der Waals surface area contributed by atoms with Gasteiger partial charge in [-0.3, -0.25) is 0 Å². The van der Waals surface area contributed by atoms with Gasteiger partial charge in [-0.15, -0.1) is 0 Å². The Morgan fingerprint density at radius 2 is 2.33 bits per heavy atom. The number of nitrogens with zero attached hydrogens (tertiary/aromatic N) is 2. The molecule has 1 atom stereocenters. The predicted octanol–water partition coefficient (Wildman–Crippen LogP) is 2.94. The second-order valence-electron chi connectivity index (χ2n) is 5.47. The maximum Gasteiger partial charge on any atom is 0.226 e. The minimum absolute atomic E-state index is 0.124. The zero-order chi connectivity index (χ0) is 14.7. The first-order valence-electron chi connectivity index (χ1n) is 7.59. The molecule has 0 fully saturated rings. The van der Waals surface area contributed by atoms with Crippen LogP contribution in [0, 0.1) is 0 Å². The van der Waals surface area contributed by atoms with Crippen LogP contribution in [0.4, 0.5) is 0 Å². The normalized spacial score (nSPS) is 17.5. The molecule has 1 aromatic carbocycles. The van der Waals surface area contributed by atoms with E-state index in [1.165, 1.54) is 11.1 Å². The van der Waals surface area contributed by atoms with Gasteiger partial charge in [-0.25, -0.2) is 0 Å². The van der Waals surface area contributed by atoms with Gasteiger partial charge in [-0.05, 0) is 42.9 Å². The van der Waals surface area contributed by atoms with Gasteiger partial charge in [0.25, 0.3) is 0 Å². The molecule has 5 nitrogen and oxygen atoms in total. The van der Waals surface area contributed by atoms with Gasteiger partial charge in [0.05, 0.1) is 0 Å². The number of rotatable bonds is 5. The maximum atomic E-state index is 6.16. The number of nitrogens with two attached hydrogens (primary N) is 1. The molecule has 0 aliphatic heterocycles. The number of fused-ring (bicyclic) bond motifs is 1. The van der Waals surface area contributed by atoms with E-state index in [2.05, 4.69) is 23.1 Å². The van der Waals surface area contributed by atoms with E-state index in [1.54, 1.807) is 0 Å². The highest BCUT2D eigenvalue weighted by Gasteiger charge is 2.20. The summed E-state index contributed by atoms with van der Waals surface area (Å²) in [5.41, 5.74) is 8.60. The molecule has 2 N–H and O–H groups in total. The van der Waals surface area contributed by atoms with Crippen LogP contribution >= 0.6 is 0 Å². The Morgan fingerprint density at radius 1 is 1.43 bits per heavy atom. The summed E-state index contributed by atoms with van der Waals surface area (Å²) < 4.78 is 11.1. The molecule has 1 aliphatic rings. The SMILES string of the molecule is CCCc1nc(COc2cccc3c2CCCC3N)no1. The van der Waals surface area contributed by atoms with Crippen LogP contribution in [0.25, 0.3) is 0 Å². The molecule has 0 saturated carbocycles. The first-order chi connectivity index (χ1) is 10.3. The summed E-state index contributed by atoms with van der Waals surface area (Å²) in [5, 5.41) is 3.94. The first kappa shape index (κ1) is 14.1. The minimum atomic E-state index is 0.124. The van der Waals surface area contributed by atoms with Crippen molar-refractivity contribution in [2.75, 3.05) is 0 Å². The first-order valence-corrected chi connectivity index (χ1v) is 7.59. The molecular formula is C16H21N3O2. The molecule has 0 radical (unpaired) electrons. The number of ether oxygens (including phenoxy) is 1. The van der Waals surface area contributed by atoms with Crippen LogP contribution in [0.3, 0.4) is 0 Å². The quantitative estimate of drug-likeness (QED) is 0.915. The molecule has 1 heterocycles. The van der Waals surface area contributed by atoms with E-state index in [-0.39, 0.29) is 6.04 Å². The summed E-state index contributed by atoms with van der Waals surface area (Å²) in [5.74, 6) is 2.16. The molecule has 2 aromatic rings. The second kappa shape index (κ2) is 6.26. The van der Waals surface area contributed by atoms with Crippen LogP contribution in [0.15, 0.2) is 22.7 Å². The topological polar surface area (TPSA) is 74.2 Å². The third-order valence-electron chi connectivity index (χ3n) is 3.84.